The van der Waals surface area contributed by atoms with Crippen molar-refractivity contribution in [3.8, 4) is 0 Å². The fraction of sp³-hybridized carbons (Fsp3) is 0.444. The Bertz CT molecular complexity index is 657. The first-order chi connectivity index (χ1) is 7.56. The van der Waals surface area contributed by atoms with Crippen LogP contribution >= 0.6 is 24.0 Å². The third kappa shape index (κ3) is 2.53. The van der Waals surface area contributed by atoms with E-state index in [2.05, 4.69) is 9.97 Å². The number of aryl methyl sites for hydroxylation is 1. The smallest absolute Gasteiger partial charge is 0.355 e. The number of nitrogens with zero attached hydrogens (tertiary/aromatic N) is 4. The van der Waals surface area contributed by atoms with Crippen LogP contribution in [0, 0.1) is 4.64 Å². The zero-order valence-corrected chi connectivity index (χ0v) is 13.9. The van der Waals surface area contributed by atoms with Gasteiger partial charge < -0.3 is 14.5 Å². The molecule has 2 aromatic heterocycles. The van der Waals surface area contributed by atoms with Crippen molar-refractivity contribution < 1.29 is 29.6 Å². The first-order valence-electron chi connectivity index (χ1n) is 4.79. The van der Waals surface area contributed by atoms with Crippen LogP contribution in [0.15, 0.2) is 9.95 Å². The summed E-state index contributed by atoms with van der Waals surface area (Å²) < 4.78 is 3.32. The molecule has 0 fully saturated rings. The number of hydrogen-bond donors (Lipinski definition) is 0. The fourth-order valence-corrected chi connectivity index (χ4v) is 2.23. The van der Waals surface area contributed by atoms with Gasteiger partial charge in [0.05, 0.1) is 0 Å². The van der Waals surface area contributed by atoms with E-state index in [0.717, 1.165) is 5.75 Å². The summed E-state index contributed by atoms with van der Waals surface area (Å²) >= 11 is 6.71. The van der Waals surface area contributed by atoms with Crippen molar-refractivity contribution in [1.29, 1.82) is 0 Å². The summed E-state index contributed by atoms with van der Waals surface area (Å²) in [5.74, 6) is 0.892. The van der Waals surface area contributed by atoms with Crippen LogP contribution in [-0.2, 0) is 14.1 Å². The summed E-state index contributed by atoms with van der Waals surface area (Å²) in [6.07, 6.45) is 0. The van der Waals surface area contributed by atoms with Crippen LogP contribution in [-0.4, -0.2) is 19.9 Å². The molecular weight excluding hydrogens is 267 g/mol. The molecule has 0 saturated carbocycles. The molecule has 0 amide bonds. The Morgan fingerprint density at radius 3 is 2.65 bits per heavy atom. The minimum absolute atomic E-state index is 0. The summed E-state index contributed by atoms with van der Waals surface area (Å²) in [5.41, 5.74) is 1.00. The summed E-state index contributed by atoms with van der Waals surface area (Å²) in [4.78, 5) is 20.4. The molecule has 8 heteroatoms. The normalized spacial score (nSPS) is 10.5. The zero-order chi connectivity index (χ0) is 11.9. The Labute approximate surface area is 130 Å². The van der Waals surface area contributed by atoms with Crippen LogP contribution < -0.4 is 40.2 Å². The number of rotatable bonds is 2. The van der Waals surface area contributed by atoms with Gasteiger partial charge in [0.2, 0.25) is 0 Å². The van der Waals surface area contributed by atoms with Gasteiger partial charge in [-0.2, -0.15) is 0 Å². The van der Waals surface area contributed by atoms with E-state index in [4.69, 9.17) is 12.2 Å². The Hall–Kier alpha value is -0.0800. The molecule has 2 heterocycles. The molecule has 0 saturated heterocycles. The predicted molar refractivity (Wildman–Crippen MR) is 66.5 cm³/mol. The third-order valence-electron chi connectivity index (χ3n) is 2.29. The number of aromatic nitrogens is 4. The van der Waals surface area contributed by atoms with E-state index >= 15 is 0 Å². The van der Waals surface area contributed by atoms with Crippen LogP contribution in [0.25, 0.3) is 11.2 Å². The van der Waals surface area contributed by atoms with Crippen molar-refractivity contribution in [3.63, 3.8) is 0 Å². The van der Waals surface area contributed by atoms with Gasteiger partial charge in [0.15, 0.2) is 0 Å². The van der Waals surface area contributed by atoms with E-state index in [-0.39, 0.29) is 35.2 Å². The number of imidazole rings is 1. The van der Waals surface area contributed by atoms with E-state index in [1.165, 1.54) is 20.9 Å². The molecule has 0 aliphatic rings. The second kappa shape index (κ2) is 5.71. The SMILES string of the molecule is CCSc1nc2c(=S)n(C)c(=O)n(C)c2[n-]1.[Na+]. The Morgan fingerprint density at radius 2 is 2.06 bits per heavy atom. The van der Waals surface area contributed by atoms with E-state index < -0.39 is 0 Å². The van der Waals surface area contributed by atoms with Crippen molar-refractivity contribution in [2.45, 2.75) is 12.1 Å². The summed E-state index contributed by atoms with van der Waals surface area (Å²) in [6, 6.07) is 0. The first kappa shape index (κ1) is 15.0. The van der Waals surface area contributed by atoms with Crippen molar-refractivity contribution in [2.75, 3.05) is 5.75 Å². The van der Waals surface area contributed by atoms with Gasteiger partial charge in [-0.25, -0.2) is 0 Å². The molecule has 0 spiro atoms. The summed E-state index contributed by atoms with van der Waals surface area (Å²) in [6.45, 7) is 2.03. The number of hydrogen-bond acceptors (Lipinski definition) is 4. The van der Waals surface area contributed by atoms with E-state index in [9.17, 15) is 4.79 Å². The minimum atomic E-state index is -0.176. The summed E-state index contributed by atoms with van der Waals surface area (Å²) in [5, 5.41) is 0.671. The largest absolute Gasteiger partial charge is 1.00 e. The van der Waals surface area contributed by atoms with Crippen molar-refractivity contribution in [1.82, 2.24) is 19.1 Å². The van der Waals surface area contributed by atoms with Crippen molar-refractivity contribution >= 4 is 35.1 Å². The Morgan fingerprint density at radius 1 is 1.41 bits per heavy atom. The maximum absolute atomic E-state index is 11.8. The molecule has 2 aromatic rings. The van der Waals surface area contributed by atoms with Gasteiger partial charge in [0, 0.05) is 23.4 Å². The molecule has 0 bridgehead atoms. The van der Waals surface area contributed by atoms with Gasteiger partial charge in [-0.3, -0.25) is 9.36 Å². The number of thioether (sulfide) groups is 1. The molecule has 0 atom stereocenters. The quantitative estimate of drug-likeness (QED) is 0.364. The maximum atomic E-state index is 11.8. The van der Waals surface area contributed by atoms with E-state index in [1.807, 2.05) is 6.92 Å². The average Bonchev–Trinajstić information content (AvgIpc) is 2.68. The van der Waals surface area contributed by atoms with Gasteiger partial charge in [-0.1, -0.05) is 19.1 Å². The molecule has 0 aromatic carbocycles. The average molecular weight is 278 g/mol. The molecule has 0 radical (unpaired) electrons. The Balaban J connectivity index is 0.00000144. The molecule has 5 nitrogen and oxygen atoms in total. The third-order valence-corrected chi connectivity index (χ3v) is 3.49. The second-order valence-electron chi connectivity index (χ2n) is 3.32. The molecule has 17 heavy (non-hydrogen) atoms. The predicted octanol–water partition coefficient (Wildman–Crippen LogP) is -1.93. The van der Waals surface area contributed by atoms with Gasteiger partial charge >= 0.3 is 29.6 Å². The topological polar surface area (TPSA) is 53.9 Å². The number of fused-ring (bicyclic) bond motifs is 1. The van der Waals surface area contributed by atoms with Gasteiger partial charge in [0.25, 0.3) is 5.69 Å². The molecule has 0 aliphatic heterocycles. The summed E-state index contributed by atoms with van der Waals surface area (Å²) in [7, 11) is 3.32. The monoisotopic (exact) mass is 278 g/mol. The second-order valence-corrected chi connectivity index (χ2v) is 4.94. The van der Waals surface area contributed by atoms with Gasteiger partial charge in [-0.05, 0) is 12.8 Å². The van der Waals surface area contributed by atoms with Crippen LogP contribution in [0.5, 0.6) is 0 Å². The molecule has 2 rings (SSSR count). The van der Waals surface area contributed by atoms with E-state index in [1.54, 1.807) is 14.1 Å². The van der Waals surface area contributed by atoms with Crippen LogP contribution in [0.1, 0.15) is 6.92 Å². The van der Waals surface area contributed by atoms with Crippen LogP contribution in [0.2, 0.25) is 0 Å². The molecule has 0 unspecified atom stereocenters. The Kier molecular flexibility index (Phi) is 5.03. The first-order valence-corrected chi connectivity index (χ1v) is 6.19. The maximum Gasteiger partial charge on any atom is 1.00 e. The van der Waals surface area contributed by atoms with Crippen molar-refractivity contribution in [2.24, 2.45) is 14.1 Å². The van der Waals surface area contributed by atoms with Crippen LogP contribution in [0.3, 0.4) is 0 Å². The molecule has 0 aliphatic carbocycles. The standard InChI is InChI=1S/C9H12N4OS2.Na/c1-4-16-8-10-5-6(11-8)12(2)9(14)13(3)7(5)15;/h4H2,1-3H3,(H,10,11,15);/q;+1/p-1. The fourth-order valence-electron chi connectivity index (χ4n) is 1.45. The minimum Gasteiger partial charge on any atom is -0.355 e. The van der Waals surface area contributed by atoms with Gasteiger partial charge in [0.1, 0.15) is 4.64 Å². The van der Waals surface area contributed by atoms with E-state index in [0.29, 0.717) is 21.0 Å². The van der Waals surface area contributed by atoms with Crippen molar-refractivity contribution in [3.05, 3.63) is 15.1 Å². The molecule has 86 valence electrons. The molecular formula is C9H11N4NaOS2. The van der Waals surface area contributed by atoms with Crippen LogP contribution in [0.4, 0.5) is 0 Å². The zero-order valence-electron chi connectivity index (χ0n) is 10.2. The van der Waals surface area contributed by atoms with Gasteiger partial charge in [-0.15, -0.1) is 11.8 Å². The molecule has 0 N–H and O–H groups in total.